The summed E-state index contributed by atoms with van der Waals surface area (Å²) >= 11 is 3.64. The highest BCUT2D eigenvalue weighted by Gasteiger charge is 2.22. The summed E-state index contributed by atoms with van der Waals surface area (Å²) in [4.78, 5) is 2.46. The van der Waals surface area contributed by atoms with Gasteiger partial charge in [-0.15, -0.1) is 0 Å². The Balaban J connectivity index is 2.11. The van der Waals surface area contributed by atoms with E-state index in [4.69, 9.17) is 0 Å². The minimum atomic E-state index is 0.650. The Morgan fingerprint density at radius 3 is 3.06 bits per heavy atom. The summed E-state index contributed by atoms with van der Waals surface area (Å²) in [6.07, 6.45) is 1.24. The number of nitrogens with one attached hydrogen (secondary N) is 1. The molecule has 2 rings (SSSR count). The fourth-order valence-electron chi connectivity index (χ4n) is 2.30. The van der Waals surface area contributed by atoms with Gasteiger partial charge < -0.3 is 10.2 Å². The summed E-state index contributed by atoms with van der Waals surface area (Å²) in [6.45, 7) is 7.65. The predicted molar refractivity (Wildman–Crippen MR) is 73.2 cm³/mol. The number of aryl methyl sites for hydroxylation is 1. The fraction of sp³-hybridized carbons (Fsp3) is 0.538. The monoisotopic (exact) mass is 282 g/mol. The van der Waals surface area contributed by atoms with E-state index in [-0.39, 0.29) is 0 Å². The number of halogens is 1. The summed E-state index contributed by atoms with van der Waals surface area (Å²) in [7, 11) is 0. The molecule has 0 spiro atoms. The van der Waals surface area contributed by atoms with Gasteiger partial charge in [-0.3, -0.25) is 0 Å². The minimum absolute atomic E-state index is 0.650. The first-order valence-corrected chi connectivity index (χ1v) is 6.74. The summed E-state index contributed by atoms with van der Waals surface area (Å²) in [5.41, 5.74) is 2.66. The van der Waals surface area contributed by atoms with Gasteiger partial charge in [-0.25, -0.2) is 0 Å². The van der Waals surface area contributed by atoms with Crippen molar-refractivity contribution in [1.82, 2.24) is 5.32 Å². The van der Waals surface area contributed by atoms with E-state index < -0.39 is 0 Å². The van der Waals surface area contributed by atoms with Gasteiger partial charge in [0.05, 0.1) is 5.69 Å². The molecule has 1 aliphatic rings. The topological polar surface area (TPSA) is 15.3 Å². The first-order chi connectivity index (χ1) is 7.70. The molecule has 1 saturated heterocycles. The fourth-order valence-corrected chi connectivity index (χ4v) is 2.80. The molecule has 0 amide bonds. The summed E-state index contributed by atoms with van der Waals surface area (Å²) in [5, 5.41) is 3.52. The van der Waals surface area contributed by atoms with Crippen LogP contribution in [0.5, 0.6) is 0 Å². The van der Waals surface area contributed by atoms with E-state index in [1.807, 2.05) is 0 Å². The summed E-state index contributed by atoms with van der Waals surface area (Å²) in [6, 6.07) is 7.20. The average Bonchev–Trinajstić information content (AvgIpc) is 2.71. The highest BCUT2D eigenvalue weighted by atomic mass is 79.9. The van der Waals surface area contributed by atoms with Crippen LogP contribution in [-0.2, 0) is 0 Å². The Kier molecular flexibility index (Phi) is 3.87. The van der Waals surface area contributed by atoms with Crippen LogP contribution in [-0.4, -0.2) is 25.7 Å². The van der Waals surface area contributed by atoms with Gasteiger partial charge in [0.2, 0.25) is 0 Å². The summed E-state index contributed by atoms with van der Waals surface area (Å²) < 4.78 is 1.20. The third kappa shape index (κ3) is 2.58. The second-order valence-electron chi connectivity index (χ2n) is 4.44. The van der Waals surface area contributed by atoms with E-state index >= 15 is 0 Å². The molecule has 1 aromatic carbocycles. The number of hydrogen-bond acceptors (Lipinski definition) is 2. The summed E-state index contributed by atoms with van der Waals surface area (Å²) in [5.74, 6) is 0. The Hall–Kier alpha value is -0.540. The van der Waals surface area contributed by atoms with Crippen molar-refractivity contribution in [2.24, 2.45) is 0 Å². The highest BCUT2D eigenvalue weighted by molar-refractivity contribution is 9.10. The molecule has 0 saturated carbocycles. The zero-order valence-corrected chi connectivity index (χ0v) is 11.5. The Morgan fingerprint density at radius 1 is 1.50 bits per heavy atom. The second kappa shape index (κ2) is 5.19. The molecule has 2 nitrogen and oxygen atoms in total. The van der Waals surface area contributed by atoms with Crippen LogP contribution in [0.25, 0.3) is 0 Å². The molecule has 3 heteroatoms. The van der Waals surface area contributed by atoms with E-state index in [0.29, 0.717) is 6.04 Å². The molecule has 1 heterocycles. The van der Waals surface area contributed by atoms with Crippen molar-refractivity contribution < 1.29 is 0 Å². The van der Waals surface area contributed by atoms with Crippen LogP contribution in [0.15, 0.2) is 22.7 Å². The van der Waals surface area contributed by atoms with E-state index in [9.17, 15) is 0 Å². The lowest BCUT2D eigenvalue weighted by atomic mass is 10.2. The second-order valence-corrected chi connectivity index (χ2v) is 5.30. The predicted octanol–water partition coefficient (Wildman–Crippen LogP) is 2.95. The van der Waals surface area contributed by atoms with Crippen LogP contribution in [0, 0.1) is 6.92 Å². The molecule has 1 atom stereocenters. The molecule has 0 radical (unpaired) electrons. The third-order valence-corrected chi connectivity index (χ3v) is 3.79. The first kappa shape index (κ1) is 11.9. The van der Waals surface area contributed by atoms with Crippen molar-refractivity contribution >= 4 is 21.6 Å². The van der Waals surface area contributed by atoms with Crippen molar-refractivity contribution in [3.63, 3.8) is 0 Å². The Morgan fingerprint density at radius 2 is 2.31 bits per heavy atom. The van der Waals surface area contributed by atoms with Crippen LogP contribution >= 0.6 is 15.9 Å². The molecular formula is C13H19BrN2. The van der Waals surface area contributed by atoms with Crippen LogP contribution in [0.2, 0.25) is 0 Å². The third-order valence-electron chi connectivity index (χ3n) is 3.12. The van der Waals surface area contributed by atoms with Crippen molar-refractivity contribution in [3.8, 4) is 0 Å². The molecule has 0 aliphatic carbocycles. The molecule has 1 N–H and O–H groups in total. The Labute approximate surface area is 106 Å². The van der Waals surface area contributed by atoms with Gasteiger partial charge >= 0.3 is 0 Å². The molecule has 1 aliphatic heterocycles. The number of benzene rings is 1. The lowest BCUT2D eigenvalue weighted by molar-refractivity contribution is 0.572. The van der Waals surface area contributed by atoms with Gasteiger partial charge in [0.25, 0.3) is 0 Å². The Bertz CT molecular complexity index is 365. The SMILES string of the molecule is CCNC1CCN(c2cc(C)ccc2Br)C1. The molecule has 1 unspecified atom stereocenters. The average molecular weight is 283 g/mol. The maximum atomic E-state index is 3.64. The molecule has 1 fully saturated rings. The van der Waals surface area contributed by atoms with Gasteiger partial charge in [-0.1, -0.05) is 13.0 Å². The van der Waals surface area contributed by atoms with Crippen LogP contribution in [0.1, 0.15) is 18.9 Å². The zero-order chi connectivity index (χ0) is 11.5. The van der Waals surface area contributed by atoms with Crippen molar-refractivity contribution in [2.45, 2.75) is 26.3 Å². The van der Waals surface area contributed by atoms with Gasteiger partial charge in [0.15, 0.2) is 0 Å². The largest absolute Gasteiger partial charge is 0.369 e. The van der Waals surface area contributed by atoms with Gasteiger partial charge in [0, 0.05) is 23.6 Å². The number of likely N-dealkylation sites (N-methyl/N-ethyl adjacent to an activating group) is 1. The van der Waals surface area contributed by atoms with Crippen molar-refractivity contribution in [3.05, 3.63) is 28.2 Å². The lowest BCUT2D eigenvalue weighted by Gasteiger charge is -2.21. The zero-order valence-electron chi connectivity index (χ0n) is 9.96. The minimum Gasteiger partial charge on any atom is -0.369 e. The maximum absolute atomic E-state index is 3.64. The number of nitrogens with zero attached hydrogens (tertiary/aromatic N) is 1. The normalized spacial score (nSPS) is 20.4. The standard InChI is InChI=1S/C13H19BrN2/c1-3-15-11-6-7-16(9-11)13-8-10(2)4-5-12(13)14/h4-5,8,11,15H,3,6-7,9H2,1-2H3. The quantitative estimate of drug-likeness (QED) is 0.917. The maximum Gasteiger partial charge on any atom is 0.0513 e. The van der Waals surface area contributed by atoms with E-state index in [1.165, 1.54) is 22.1 Å². The van der Waals surface area contributed by atoms with Crippen molar-refractivity contribution in [2.75, 3.05) is 24.5 Å². The van der Waals surface area contributed by atoms with E-state index in [2.05, 4.69) is 58.2 Å². The smallest absolute Gasteiger partial charge is 0.0513 e. The van der Waals surface area contributed by atoms with Crippen LogP contribution in [0.3, 0.4) is 0 Å². The van der Waals surface area contributed by atoms with Crippen LogP contribution < -0.4 is 10.2 Å². The first-order valence-electron chi connectivity index (χ1n) is 5.95. The lowest BCUT2D eigenvalue weighted by Crippen LogP contribution is -2.32. The van der Waals surface area contributed by atoms with Gasteiger partial charge in [-0.2, -0.15) is 0 Å². The van der Waals surface area contributed by atoms with E-state index in [1.54, 1.807) is 0 Å². The molecule has 1 aromatic rings. The molecular weight excluding hydrogens is 264 g/mol. The number of rotatable bonds is 3. The number of anilines is 1. The van der Waals surface area contributed by atoms with E-state index in [0.717, 1.165) is 19.6 Å². The van der Waals surface area contributed by atoms with Crippen molar-refractivity contribution in [1.29, 1.82) is 0 Å². The molecule has 16 heavy (non-hydrogen) atoms. The van der Waals surface area contributed by atoms with Gasteiger partial charge in [0.1, 0.15) is 0 Å². The van der Waals surface area contributed by atoms with Gasteiger partial charge in [-0.05, 0) is 53.5 Å². The number of hydrogen-bond donors (Lipinski definition) is 1. The molecule has 88 valence electrons. The highest BCUT2D eigenvalue weighted by Crippen LogP contribution is 2.29. The molecule has 0 aromatic heterocycles. The van der Waals surface area contributed by atoms with Crippen LogP contribution in [0.4, 0.5) is 5.69 Å². The molecule has 0 bridgehead atoms.